The third-order valence-electron chi connectivity index (χ3n) is 16.4. The molecule has 0 aliphatic heterocycles. The van der Waals surface area contributed by atoms with Gasteiger partial charge in [-0.3, -0.25) is 0 Å². The van der Waals surface area contributed by atoms with Crippen LogP contribution < -0.4 is 0 Å². The molecule has 74 heavy (non-hydrogen) atoms. The molecular weight excluding hydrogens is 889 g/mol. The van der Waals surface area contributed by atoms with Gasteiger partial charge >= 0.3 is 0 Å². The van der Waals surface area contributed by atoms with E-state index in [0.29, 0.717) is 0 Å². The molecular formula is C74H44. The van der Waals surface area contributed by atoms with Gasteiger partial charge in [0.05, 0.1) is 0 Å². The summed E-state index contributed by atoms with van der Waals surface area (Å²) in [4.78, 5) is 0. The summed E-state index contributed by atoms with van der Waals surface area (Å²) in [7, 11) is 0. The molecule has 0 radical (unpaired) electrons. The maximum atomic E-state index is 2.49. The van der Waals surface area contributed by atoms with Gasteiger partial charge in [0.2, 0.25) is 0 Å². The third kappa shape index (κ3) is 5.85. The lowest BCUT2D eigenvalue weighted by atomic mass is 9.82. The van der Waals surface area contributed by atoms with Crippen molar-refractivity contribution in [2.45, 2.75) is 0 Å². The minimum absolute atomic E-state index is 1.22. The van der Waals surface area contributed by atoms with Crippen molar-refractivity contribution in [3.05, 3.63) is 267 Å². The molecule has 16 aromatic carbocycles. The van der Waals surface area contributed by atoms with Crippen LogP contribution >= 0.6 is 0 Å². The second-order valence-electron chi connectivity index (χ2n) is 20.1. The van der Waals surface area contributed by atoms with E-state index in [1.165, 1.54) is 163 Å². The molecule has 0 fully saturated rings. The fraction of sp³-hybridized carbons (Fsp3) is 0. The highest BCUT2D eigenvalue weighted by molar-refractivity contribution is 6.40. The summed E-state index contributed by atoms with van der Waals surface area (Å²) >= 11 is 0. The quantitative estimate of drug-likeness (QED) is 0.122. The maximum Gasteiger partial charge on any atom is -0.00139 e. The summed E-state index contributed by atoms with van der Waals surface area (Å²) in [6.45, 7) is 0. The first-order valence-corrected chi connectivity index (χ1v) is 25.8. The second-order valence-corrected chi connectivity index (χ2v) is 20.1. The van der Waals surface area contributed by atoms with Gasteiger partial charge in [-0.1, -0.05) is 255 Å². The Kier molecular flexibility index (Phi) is 8.84. The van der Waals surface area contributed by atoms with E-state index >= 15 is 0 Å². The highest BCUT2D eigenvalue weighted by Crippen LogP contribution is 2.51. The average molecular weight is 933 g/mol. The van der Waals surface area contributed by atoms with Crippen molar-refractivity contribution in [2.24, 2.45) is 0 Å². The molecule has 0 heteroatoms. The number of hydrogen-bond donors (Lipinski definition) is 0. The number of rotatable bonds is 4. The van der Waals surface area contributed by atoms with Gasteiger partial charge in [0, 0.05) is 0 Å². The molecule has 0 aliphatic rings. The van der Waals surface area contributed by atoms with Crippen molar-refractivity contribution in [3.8, 4) is 44.5 Å². The molecule has 0 saturated carbocycles. The SMILES string of the molecule is c1ccc2c(-c3c4ccccc4c(-c4ccc5c(c4)c4ccccc4c4c6ccc(-c7c8ccccc8c(-c8cccc9ccccc89)c8ccccc78)cc6c6ccccc6c54)c4ccccc34)cccc2c1. The van der Waals surface area contributed by atoms with E-state index in [4.69, 9.17) is 0 Å². The van der Waals surface area contributed by atoms with Gasteiger partial charge in [-0.2, -0.15) is 0 Å². The molecule has 0 spiro atoms. The molecule has 0 heterocycles. The highest BCUT2D eigenvalue weighted by atomic mass is 14.3. The van der Waals surface area contributed by atoms with Gasteiger partial charge in [0.15, 0.2) is 0 Å². The zero-order chi connectivity index (χ0) is 48.4. The Hall–Kier alpha value is -9.62. The number of benzene rings is 16. The van der Waals surface area contributed by atoms with Crippen LogP contribution in [0.25, 0.3) is 163 Å². The van der Waals surface area contributed by atoms with E-state index in [2.05, 4.69) is 267 Å². The van der Waals surface area contributed by atoms with Crippen LogP contribution in [0.4, 0.5) is 0 Å². The molecule has 16 rings (SSSR count). The van der Waals surface area contributed by atoms with Crippen LogP contribution in [0.3, 0.4) is 0 Å². The van der Waals surface area contributed by atoms with Crippen LogP contribution in [0, 0.1) is 0 Å². The molecule has 0 saturated heterocycles. The van der Waals surface area contributed by atoms with E-state index in [0.717, 1.165) is 0 Å². The topological polar surface area (TPSA) is 0 Å². The summed E-state index contributed by atoms with van der Waals surface area (Å²) < 4.78 is 0. The number of fused-ring (bicyclic) bond motifs is 17. The predicted molar refractivity (Wildman–Crippen MR) is 321 cm³/mol. The molecule has 0 atom stereocenters. The van der Waals surface area contributed by atoms with Crippen LogP contribution in [0.15, 0.2) is 267 Å². The molecule has 0 unspecified atom stereocenters. The summed E-state index contributed by atoms with van der Waals surface area (Å²) in [6, 6.07) is 100. The van der Waals surface area contributed by atoms with Gasteiger partial charge in [-0.25, -0.2) is 0 Å². The molecule has 0 bridgehead atoms. The first-order valence-electron chi connectivity index (χ1n) is 25.8. The van der Waals surface area contributed by atoms with E-state index in [1.807, 2.05) is 0 Å². The van der Waals surface area contributed by atoms with Gasteiger partial charge in [-0.05, 0) is 175 Å². The Bertz CT molecular complexity index is 4630. The van der Waals surface area contributed by atoms with Gasteiger partial charge in [-0.15, -0.1) is 0 Å². The van der Waals surface area contributed by atoms with Crippen molar-refractivity contribution in [1.29, 1.82) is 0 Å². The summed E-state index contributed by atoms with van der Waals surface area (Å²) in [5.74, 6) is 0. The Balaban J connectivity index is 0.956. The van der Waals surface area contributed by atoms with Crippen LogP contribution in [0.1, 0.15) is 0 Å². The summed E-state index contributed by atoms with van der Waals surface area (Å²) in [6.07, 6.45) is 0. The molecule has 340 valence electrons. The largest absolute Gasteiger partial charge is 0.0616 e. The first-order chi connectivity index (χ1) is 36.8. The zero-order valence-electron chi connectivity index (χ0n) is 40.4. The monoisotopic (exact) mass is 932 g/mol. The Morgan fingerprint density at radius 3 is 0.757 bits per heavy atom. The Labute approximate surface area is 427 Å². The van der Waals surface area contributed by atoms with E-state index in [1.54, 1.807) is 0 Å². The van der Waals surface area contributed by atoms with Crippen molar-refractivity contribution in [2.75, 3.05) is 0 Å². The van der Waals surface area contributed by atoms with Crippen LogP contribution in [-0.4, -0.2) is 0 Å². The second kappa shape index (κ2) is 15.9. The normalized spacial score (nSPS) is 12.1. The molecule has 0 aromatic heterocycles. The van der Waals surface area contributed by atoms with Crippen molar-refractivity contribution in [3.63, 3.8) is 0 Å². The Morgan fingerprint density at radius 1 is 0.149 bits per heavy atom. The fourth-order valence-corrected chi connectivity index (χ4v) is 13.3. The maximum absolute atomic E-state index is 2.49. The van der Waals surface area contributed by atoms with Crippen molar-refractivity contribution in [1.82, 2.24) is 0 Å². The van der Waals surface area contributed by atoms with E-state index in [-0.39, 0.29) is 0 Å². The minimum Gasteiger partial charge on any atom is -0.0616 e. The van der Waals surface area contributed by atoms with Crippen molar-refractivity contribution >= 4 is 118 Å². The van der Waals surface area contributed by atoms with Crippen molar-refractivity contribution < 1.29 is 0 Å². The molecule has 0 amide bonds. The lowest BCUT2D eigenvalue weighted by Gasteiger charge is -2.21. The number of hydrogen-bond acceptors (Lipinski definition) is 0. The molecule has 0 N–H and O–H groups in total. The predicted octanol–water partition coefficient (Wildman–Crippen LogP) is 21.0. The van der Waals surface area contributed by atoms with Crippen LogP contribution in [-0.2, 0) is 0 Å². The van der Waals surface area contributed by atoms with Gasteiger partial charge in [0.1, 0.15) is 0 Å². The third-order valence-corrected chi connectivity index (χ3v) is 16.4. The van der Waals surface area contributed by atoms with Crippen LogP contribution in [0.2, 0.25) is 0 Å². The summed E-state index contributed by atoms with van der Waals surface area (Å²) in [5.41, 5.74) is 10.1. The van der Waals surface area contributed by atoms with E-state index in [9.17, 15) is 0 Å². The lowest BCUT2D eigenvalue weighted by Crippen LogP contribution is -1.93. The molecule has 0 aliphatic carbocycles. The van der Waals surface area contributed by atoms with E-state index < -0.39 is 0 Å². The zero-order valence-corrected chi connectivity index (χ0v) is 40.4. The minimum atomic E-state index is 1.22. The Morgan fingerprint density at radius 2 is 0.405 bits per heavy atom. The molecule has 0 nitrogen and oxygen atoms in total. The van der Waals surface area contributed by atoms with Crippen LogP contribution in [0.5, 0.6) is 0 Å². The average Bonchev–Trinajstić information content (AvgIpc) is 3.55. The molecule has 16 aromatic rings. The smallest absolute Gasteiger partial charge is 0.00139 e. The standard InChI is InChI=1S/C74H44/c1-3-23-49-45(19-1)21-17-37-53(49)71-61-33-13-9-29-57(61)69(58-30-10-14-34-62(58)71)47-39-41-65-67(43-47)51-25-5-7-27-55(51)74-66-42-40-48(44-68(66)52-26-6-8-28-56(52)73(65)74)70-59-31-11-15-35-63(59)72(64-36-16-12-32-60(64)70)54-38-18-22-46-20-2-4-24-50(46)54/h1-44H. The summed E-state index contributed by atoms with van der Waals surface area (Å²) in [5, 5.41) is 27.9. The highest BCUT2D eigenvalue weighted by Gasteiger charge is 2.23. The first kappa shape index (κ1) is 41.0. The van der Waals surface area contributed by atoms with Gasteiger partial charge < -0.3 is 0 Å². The fourth-order valence-electron chi connectivity index (χ4n) is 13.3. The lowest BCUT2D eigenvalue weighted by molar-refractivity contribution is 1.69. The van der Waals surface area contributed by atoms with Gasteiger partial charge in [0.25, 0.3) is 0 Å².